The molecule has 0 saturated carbocycles. The van der Waals surface area contributed by atoms with E-state index in [-0.39, 0.29) is 17.8 Å². The Kier molecular flexibility index (Phi) is 6.67. The van der Waals surface area contributed by atoms with E-state index in [0.29, 0.717) is 33.9 Å². The standard InChI is InChI=1S/C23H23ClO6/c1-5-18(23(26)27-6-2)29-15-7-8-17-19(11-15)28-12-20(22(17)25)30-16-9-13(3)21(24)14(4)10-16/h7-12,18H,5-6H2,1-4H3. The molecule has 7 heteroatoms. The molecule has 0 bridgehead atoms. The quantitative estimate of drug-likeness (QED) is 0.456. The third-order valence-electron chi connectivity index (χ3n) is 4.55. The summed E-state index contributed by atoms with van der Waals surface area (Å²) < 4.78 is 22.1. The van der Waals surface area contributed by atoms with Gasteiger partial charge in [-0.2, -0.15) is 0 Å². The Labute approximate surface area is 179 Å². The molecular weight excluding hydrogens is 408 g/mol. The van der Waals surface area contributed by atoms with Crippen molar-refractivity contribution in [2.24, 2.45) is 0 Å². The minimum Gasteiger partial charge on any atom is -0.479 e. The van der Waals surface area contributed by atoms with Gasteiger partial charge in [0.05, 0.1) is 12.0 Å². The van der Waals surface area contributed by atoms with Gasteiger partial charge in [0.15, 0.2) is 6.10 Å². The van der Waals surface area contributed by atoms with Crippen molar-refractivity contribution in [3.05, 3.63) is 63.0 Å². The number of rotatable bonds is 7. The van der Waals surface area contributed by atoms with Crippen LogP contribution in [0.3, 0.4) is 0 Å². The molecule has 0 aliphatic rings. The molecule has 0 N–H and O–H groups in total. The molecule has 158 valence electrons. The highest BCUT2D eigenvalue weighted by Gasteiger charge is 2.20. The van der Waals surface area contributed by atoms with Crippen molar-refractivity contribution in [2.45, 2.75) is 40.2 Å². The van der Waals surface area contributed by atoms with Crippen molar-refractivity contribution in [1.82, 2.24) is 0 Å². The molecule has 3 aromatic rings. The number of hydrogen-bond acceptors (Lipinski definition) is 6. The Morgan fingerprint density at radius 1 is 1.10 bits per heavy atom. The molecule has 1 unspecified atom stereocenters. The van der Waals surface area contributed by atoms with E-state index >= 15 is 0 Å². The summed E-state index contributed by atoms with van der Waals surface area (Å²) >= 11 is 6.18. The summed E-state index contributed by atoms with van der Waals surface area (Å²) in [6.45, 7) is 7.58. The largest absolute Gasteiger partial charge is 0.479 e. The molecular formula is C23H23ClO6. The van der Waals surface area contributed by atoms with Gasteiger partial charge in [-0.3, -0.25) is 4.79 Å². The van der Waals surface area contributed by atoms with E-state index in [1.165, 1.54) is 6.26 Å². The van der Waals surface area contributed by atoms with Crippen LogP contribution in [0.2, 0.25) is 5.02 Å². The monoisotopic (exact) mass is 430 g/mol. The number of ether oxygens (including phenoxy) is 3. The molecule has 30 heavy (non-hydrogen) atoms. The second-order valence-corrected chi connectivity index (χ2v) is 7.20. The van der Waals surface area contributed by atoms with Gasteiger partial charge in [-0.25, -0.2) is 4.79 Å². The van der Waals surface area contributed by atoms with Crippen LogP contribution in [-0.4, -0.2) is 18.7 Å². The third kappa shape index (κ3) is 4.60. The first kappa shape index (κ1) is 21.7. The molecule has 0 amide bonds. The smallest absolute Gasteiger partial charge is 0.347 e. The highest BCUT2D eigenvalue weighted by molar-refractivity contribution is 6.32. The first-order valence-electron chi connectivity index (χ1n) is 9.67. The SMILES string of the molecule is CCOC(=O)C(CC)Oc1ccc2c(=O)c(Oc3cc(C)c(Cl)c(C)c3)coc2c1. The second kappa shape index (κ2) is 9.22. The maximum atomic E-state index is 12.8. The summed E-state index contributed by atoms with van der Waals surface area (Å²) in [5.74, 6) is 0.540. The van der Waals surface area contributed by atoms with Gasteiger partial charge < -0.3 is 18.6 Å². The lowest BCUT2D eigenvalue weighted by atomic mass is 10.1. The molecule has 3 rings (SSSR count). The summed E-state index contributed by atoms with van der Waals surface area (Å²) in [5, 5.41) is 1.00. The number of hydrogen-bond donors (Lipinski definition) is 0. The molecule has 0 aliphatic heterocycles. The fraction of sp³-hybridized carbons (Fsp3) is 0.304. The average Bonchev–Trinajstić information content (AvgIpc) is 2.72. The summed E-state index contributed by atoms with van der Waals surface area (Å²) in [4.78, 5) is 24.8. The number of aryl methyl sites for hydroxylation is 2. The number of halogens is 1. The number of carbonyl (C=O) groups excluding carboxylic acids is 1. The molecule has 1 atom stereocenters. The Morgan fingerprint density at radius 3 is 2.43 bits per heavy atom. The minimum absolute atomic E-state index is 0.0650. The fourth-order valence-electron chi connectivity index (χ4n) is 3.02. The van der Waals surface area contributed by atoms with Crippen LogP contribution in [0, 0.1) is 13.8 Å². The van der Waals surface area contributed by atoms with Crippen molar-refractivity contribution in [3.63, 3.8) is 0 Å². The Hall–Kier alpha value is -2.99. The summed E-state index contributed by atoms with van der Waals surface area (Å²) in [7, 11) is 0. The van der Waals surface area contributed by atoms with Gasteiger partial charge in [-0.15, -0.1) is 0 Å². The molecule has 1 aromatic heterocycles. The van der Waals surface area contributed by atoms with Crippen molar-refractivity contribution < 1.29 is 23.4 Å². The summed E-state index contributed by atoms with van der Waals surface area (Å²) in [6.07, 6.45) is 0.984. The van der Waals surface area contributed by atoms with Gasteiger partial charge in [-0.05, 0) is 62.6 Å². The van der Waals surface area contributed by atoms with Crippen molar-refractivity contribution in [2.75, 3.05) is 6.61 Å². The zero-order valence-corrected chi connectivity index (χ0v) is 18.0. The number of carbonyl (C=O) groups is 1. The van der Waals surface area contributed by atoms with E-state index < -0.39 is 12.1 Å². The lowest BCUT2D eigenvalue weighted by molar-refractivity contribution is -0.151. The second-order valence-electron chi connectivity index (χ2n) is 6.83. The Bertz CT molecular complexity index is 1110. The predicted molar refractivity (Wildman–Crippen MR) is 115 cm³/mol. The lowest BCUT2D eigenvalue weighted by Gasteiger charge is -2.16. The first-order valence-corrected chi connectivity index (χ1v) is 10.0. The topological polar surface area (TPSA) is 75.0 Å². The minimum atomic E-state index is -0.729. The fourth-order valence-corrected chi connectivity index (χ4v) is 3.13. The van der Waals surface area contributed by atoms with E-state index in [4.69, 9.17) is 30.2 Å². The molecule has 0 aliphatic carbocycles. The van der Waals surface area contributed by atoms with E-state index in [0.717, 1.165) is 11.1 Å². The van der Waals surface area contributed by atoms with Crippen molar-refractivity contribution in [3.8, 4) is 17.2 Å². The predicted octanol–water partition coefficient (Wildman–Crippen LogP) is 5.58. The van der Waals surface area contributed by atoms with Crippen LogP contribution >= 0.6 is 11.6 Å². The van der Waals surface area contributed by atoms with Crippen LogP contribution in [0.15, 0.2) is 45.8 Å². The number of fused-ring (bicyclic) bond motifs is 1. The van der Waals surface area contributed by atoms with E-state index in [2.05, 4.69) is 0 Å². The third-order valence-corrected chi connectivity index (χ3v) is 5.15. The first-order chi connectivity index (χ1) is 14.3. The van der Waals surface area contributed by atoms with Gasteiger partial charge in [0, 0.05) is 11.1 Å². The van der Waals surface area contributed by atoms with Gasteiger partial charge >= 0.3 is 5.97 Å². The van der Waals surface area contributed by atoms with Crippen LogP contribution in [-0.2, 0) is 9.53 Å². The van der Waals surface area contributed by atoms with Gasteiger partial charge in [0.25, 0.3) is 0 Å². The van der Waals surface area contributed by atoms with E-state index in [9.17, 15) is 9.59 Å². The maximum Gasteiger partial charge on any atom is 0.347 e. The van der Waals surface area contributed by atoms with Gasteiger partial charge in [0.2, 0.25) is 11.2 Å². The van der Waals surface area contributed by atoms with Crippen LogP contribution in [0.25, 0.3) is 11.0 Å². The van der Waals surface area contributed by atoms with Gasteiger partial charge in [-0.1, -0.05) is 18.5 Å². The normalized spacial score (nSPS) is 11.9. The average molecular weight is 431 g/mol. The zero-order valence-electron chi connectivity index (χ0n) is 17.3. The highest BCUT2D eigenvalue weighted by atomic mass is 35.5. The van der Waals surface area contributed by atoms with E-state index in [1.807, 2.05) is 20.8 Å². The molecule has 1 heterocycles. The molecule has 2 aromatic carbocycles. The Morgan fingerprint density at radius 2 is 1.80 bits per heavy atom. The van der Waals surface area contributed by atoms with Gasteiger partial charge in [0.1, 0.15) is 23.3 Å². The highest BCUT2D eigenvalue weighted by Crippen LogP contribution is 2.29. The van der Waals surface area contributed by atoms with Crippen LogP contribution in [0.4, 0.5) is 0 Å². The summed E-state index contributed by atoms with van der Waals surface area (Å²) in [6, 6.07) is 8.28. The molecule has 0 radical (unpaired) electrons. The Balaban J connectivity index is 1.88. The van der Waals surface area contributed by atoms with Crippen LogP contribution < -0.4 is 14.9 Å². The number of esters is 1. The van der Waals surface area contributed by atoms with Crippen molar-refractivity contribution in [1.29, 1.82) is 0 Å². The van der Waals surface area contributed by atoms with E-state index in [1.54, 1.807) is 37.3 Å². The van der Waals surface area contributed by atoms with Crippen molar-refractivity contribution >= 4 is 28.5 Å². The maximum absolute atomic E-state index is 12.8. The zero-order chi connectivity index (χ0) is 21.8. The lowest BCUT2D eigenvalue weighted by Crippen LogP contribution is -2.28. The molecule has 6 nitrogen and oxygen atoms in total. The van der Waals surface area contributed by atoms with Crippen LogP contribution in [0.1, 0.15) is 31.4 Å². The summed E-state index contributed by atoms with van der Waals surface area (Å²) in [5.41, 5.74) is 1.72. The molecule has 0 spiro atoms. The molecule has 0 fully saturated rings. The number of benzene rings is 2. The molecule has 0 saturated heterocycles. The van der Waals surface area contributed by atoms with Crippen LogP contribution in [0.5, 0.6) is 17.2 Å².